The Labute approximate surface area is 185 Å². The molecule has 2 aromatic rings. The molecule has 1 fully saturated rings. The van der Waals surface area contributed by atoms with Gasteiger partial charge < -0.3 is 4.90 Å². The zero-order valence-electron chi connectivity index (χ0n) is 16.6. The van der Waals surface area contributed by atoms with E-state index in [9.17, 15) is 17.6 Å². The van der Waals surface area contributed by atoms with Gasteiger partial charge in [0.1, 0.15) is 10.7 Å². The lowest BCUT2D eigenvalue weighted by Crippen LogP contribution is -2.48. The van der Waals surface area contributed by atoms with E-state index in [0.29, 0.717) is 43.3 Å². The summed E-state index contributed by atoms with van der Waals surface area (Å²) in [7, 11) is -0.963. The number of hydrogen-bond donors (Lipinski definition) is 0. The SMILES string of the molecule is CN(C)S(=O)(=O)c1cc(C(=O)N2CCN(Cc3c(F)cccc3Cl)CC2)ccc1Cl. The van der Waals surface area contributed by atoms with Crippen LogP contribution in [-0.4, -0.2) is 68.7 Å². The lowest BCUT2D eigenvalue weighted by Gasteiger charge is -2.35. The molecule has 1 saturated heterocycles. The third-order valence-electron chi connectivity index (χ3n) is 5.04. The maximum atomic E-state index is 14.0. The Hall–Kier alpha value is -1.71. The van der Waals surface area contributed by atoms with E-state index in [1.807, 2.05) is 4.90 Å². The molecule has 0 atom stereocenters. The largest absolute Gasteiger partial charge is 0.336 e. The van der Waals surface area contributed by atoms with Gasteiger partial charge in [0.2, 0.25) is 10.0 Å². The van der Waals surface area contributed by atoms with Crippen LogP contribution in [0.1, 0.15) is 15.9 Å². The van der Waals surface area contributed by atoms with Gasteiger partial charge in [-0.1, -0.05) is 29.3 Å². The summed E-state index contributed by atoms with van der Waals surface area (Å²) in [5.41, 5.74) is 0.695. The fourth-order valence-electron chi connectivity index (χ4n) is 3.23. The number of carbonyl (C=O) groups excluding carboxylic acids is 1. The van der Waals surface area contributed by atoms with Gasteiger partial charge in [-0.05, 0) is 30.3 Å². The summed E-state index contributed by atoms with van der Waals surface area (Å²) >= 11 is 12.2. The summed E-state index contributed by atoms with van der Waals surface area (Å²) < 4.78 is 40.0. The number of carbonyl (C=O) groups is 1. The average Bonchev–Trinajstić information content (AvgIpc) is 2.71. The van der Waals surface area contributed by atoms with E-state index in [1.165, 1.54) is 38.4 Å². The highest BCUT2D eigenvalue weighted by molar-refractivity contribution is 7.89. The van der Waals surface area contributed by atoms with Crippen molar-refractivity contribution in [2.24, 2.45) is 0 Å². The maximum absolute atomic E-state index is 14.0. The molecule has 0 unspecified atom stereocenters. The molecular formula is C20H22Cl2FN3O3S. The van der Waals surface area contributed by atoms with Crippen molar-refractivity contribution in [3.63, 3.8) is 0 Å². The van der Waals surface area contributed by atoms with Crippen molar-refractivity contribution >= 4 is 39.1 Å². The standard InChI is InChI=1S/C20H22Cl2FN3O3S/c1-24(2)30(28,29)19-12-14(6-7-17(19)22)20(27)26-10-8-25(9-11-26)13-15-16(21)4-3-5-18(15)23/h3-7,12H,8-11,13H2,1-2H3. The van der Waals surface area contributed by atoms with Crippen LogP contribution in [0, 0.1) is 5.82 Å². The molecule has 0 aromatic heterocycles. The molecule has 3 rings (SSSR count). The van der Waals surface area contributed by atoms with E-state index in [4.69, 9.17) is 23.2 Å². The zero-order chi connectivity index (χ0) is 22.1. The molecule has 1 heterocycles. The van der Waals surface area contributed by atoms with E-state index in [1.54, 1.807) is 17.0 Å². The molecule has 0 bridgehead atoms. The van der Waals surface area contributed by atoms with Crippen molar-refractivity contribution in [3.05, 3.63) is 63.4 Å². The first-order valence-corrected chi connectivity index (χ1v) is 11.5. The Kier molecular flexibility index (Phi) is 7.04. The molecule has 0 N–H and O–H groups in total. The van der Waals surface area contributed by atoms with E-state index >= 15 is 0 Å². The van der Waals surface area contributed by atoms with Gasteiger partial charge in [0.15, 0.2) is 0 Å². The van der Waals surface area contributed by atoms with Crippen molar-refractivity contribution in [1.29, 1.82) is 0 Å². The molecule has 30 heavy (non-hydrogen) atoms. The lowest BCUT2D eigenvalue weighted by molar-refractivity contribution is 0.0627. The van der Waals surface area contributed by atoms with Crippen LogP contribution in [0.5, 0.6) is 0 Å². The second-order valence-electron chi connectivity index (χ2n) is 7.20. The summed E-state index contributed by atoms with van der Waals surface area (Å²) in [5.74, 6) is -0.623. The van der Waals surface area contributed by atoms with Crippen molar-refractivity contribution in [3.8, 4) is 0 Å². The number of hydrogen-bond acceptors (Lipinski definition) is 4. The van der Waals surface area contributed by atoms with Gasteiger partial charge in [0.25, 0.3) is 5.91 Å². The second kappa shape index (κ2) is 9.20. The highest BCUT2D eigenvalue weighted by Crippen LogP contribution is 2.26. The minimum absolute atomic E-state index is 0.0619. The van der Waals surface area contributed by atoms with Gasteiger partial charge >= 0.3 is 0 Å². The van der Waals surface area contributed by atoms with Crippen molar-refractivity contribution < 1.29 is 17.6 Å². The fraction of sp³-hybridized carbons (Fsp3) is 0.350. The summed E-state index contributed by atoms with van der Waals surface area (Å²) in [6.45, 7) is 2.33. The number of sulfonamides is 1. The third kappa shape index (κ3) is 4.78. The van der Waals surface area contributed by atoms with Crippen LogP contribution in [0.3, 0.4) is 0 Å². The third-order valence-corrected chi connectivity index (χ3v) is 7.69. The Bertz CT molecular complexity index is 1040. The topological polar surface area (TPSA) is 60.9 Å². The van der Waals surface area contributed by atoms with Gasteiger partial charge in [-0.3, -0.25) is 9.69 Å². The van der Waals surface area contributed by atoms with Crippen LogP contribution >= 0.6 is 23.2 Å². The number of nitrogens with zero attached hydrogens (tertiary/aromatic N) is 3. The summed E-state index contributed by atoms with van der Waals surface area (Å²) in [5, 5.41) is 0.441. The van der Waals surface area contributed by atoms with Gasteiger partial charge in [-0.25, -0.2) is 17.1 Å². The smallest absolute Gasteiger partial charge is 0.253 e. The van der Waals surface area contributed by atoms with Crippen LogP contribution < -0.4 is 0 Å². The van der Waals surface area contributed by atoms with E-state index in [0.717, 1.165) is 4.31 Å². The number of benzene rings is 2. The molecule has 162 valence electrons. The number of amides is 1. The molecule has 1 amide bonds. The molecule has 0 saturated carbocycles. The van der Waals surface area contributed by atoms with Crippen molar-refractivity contribution in [2.45, 2.75) is 11.4 Å². The lowest BCUT2D eigenvalue weighted by atomic mass is 10.1. The van der Waals surface area contributed by atoms with E-state index in [-0.39, 0.29) is 27.2 Å². The second-order valence-corrected chi connectivity index (χ2v) is 10.1. The Morgan fingerprint density at radius 2 is 1.73 bits per heavy atom. The number of rotatable bonds is 5. The molecule has 0 spiro atoms. The average molecular weight is 474 g/mol. The summed E-state index contributed by atoms with van der Waals surface area (Å²) in [6.07, 6.45) is 0. The maximum Gasteiger partial charge on any atom is 0.253 e. The number of halogens is 3. The molecule has 0 radical (unpaired) electrons. The fourth-order valence-corrected chi connectivity index (χ4v) is 4.85. The minimum atomic E-state index is -3.77. The number of piperazine rings is 1. The van der Waals surface area contributed by atoms with Gasteiger partial charge in [-0.2, -0.15) is 0 Å². The highest BCUT2D eigenvalue weighted by atomic mass is 35.5. The monoisotopic (exact) mass is 473 g/mol. The quantitative estimate of drug-likeness (QED) is 0.667. The Morgan fingerprint density at radius 1 is 1.07 bits per heavy atom. The van der Waals surface area contributed by atoms with Gasteiger partial charge in [0, 0.05) is 63.0 Å². The first kappa shape index (κ1) is 23.0. The van der Waals surface area contributed by atoms with Crippen LogP contribution in [0.25, 0.3) is 0 Å². The van der Waals surface area contributed by atoms with Crippen LogP contribution in [0.15, 0.2) is 41.3 Å². The van der Waals surface area contributed by atoms with E-state index < -0.39 is 10.0 Å². The van der Waals surface area contributed by atoms with Crippen LogP contribution in [0.4, 0.5) is 4.39 Å². The molecular weight excluding hydrogens is 452 g/mol. The van der Waals surface area contributed by atoms with E-state index in [2.05, 4.69) is 0 Å². The predicted molar refractivity (Wildman–Crippen MR) is 115 cm³/mol. The normalized spacial score (nSPS) is 15.6. The molecule has 6 nitrogen and oxygen atoms in total. The Morgan fingerprint density at radius 3 is 2.33 bits per heavy atom. The van der Waals surface area contributed by atoms with Gasteiger partial charge in [-0.15, -0.1) is 0 Å². The summed E-state index contributed by atoms with van der Waals surface area (Å²) in [6, 6.07) is 8.84. The molecule has 10 heteroatoms. The van der Waals surface area contributed by atoms with Crippen molar-refractivity contribution in [1.82, 2.24) is 14.1 Å². The highest BCUT2D eigenvalue weighted by Gasteiger charge is 2.26. The van der Waals surface area contributed by atoms with Crippen molar-refractivity contribution in [2.75, 3.05) is 40.3 Å². The minimum Gasteiger partial charge on any atom is -0.336 e. The van der Waals surface area contributed by atoms with Crippen LogP contribution in [-0.2, 0) is 16.6 Å². The van der Waals surface area contributed by atoms with Crippen LogP contribution in [0.2, 0.25) is 10.0 Å². The molecule has 2 aromatic carbocycles. The first-order chi connectivity index (χ1) is 14.1. The summed E-state index contributed by atoms with van der Waals surface area (Å²) in [4.78, 5) is 16.5. The first-order valence-electron chi connectivity index (χ1n) is 9.28. The predicted octanol–water partition coefficient (Wildman–Crippen LogP) is 3.34. The van der Waals surface area contributed by atoms with Gasteiger partial charge in [0.05, 0.1) is 5.02 Å². The molecule has 1 aliphatic heterocycles. The Balaban J connectivity index is 1.70. The molecule has 0 aliphatic carbocycles. The zero-order valence-corrected chi connectivity index (χ0v) is 18.9. The molecule has 1 aliphatic rings.